The van der Waals surface area contributed by atoms with Crippen molar-refractivity contribution in [2.24, 2.45) is 0 Å². The molecule has 0 aliphatic carbocycles. The lowest BCUT2D eigenvalue weighted by Crippen LogP contribution is -2.38. The van der Waals surface area contributed by atoms with E-state index >= 15 is 0 Å². The van der Waals surface area contributed by atoms with Gasteiger partial charge >= 0.3 is 0 Å². The van der Waals surface area contributed by atoms with E-state index in [1.165, 1.54) is 6.07 Å². The molecule has 0 fully saturated rings. The molecule has 1 unspecified atom stereocenters. The number of hydrogen-bond donors (Lipinski definition) is 2. The van der Waals surface area contributed by atoms with E-state index < -0.39 is 6.04 Å². The first-order valence-electron chi connectivity index (χ1n) is 7.60. The smallest absolute Gasteiger partial charge is 0.234 e. The Labute approximate surface area is 149 Å². The zero-order chi connectivity index (χ0) is 17.4. The summed E-state index contributed by atoms with van der Waals surface area (Å²) in [5, 5.41) is 5.87. The molecule has 6 heteroatoms. The first kappa shape index (κ1) is 18.6. The molecule has 2 aromatic carbocycles. The molecule has 0 aromatic heterocycles. The van der Waals surface area contributed by atoms with Crippen LogP contribution in [0.15, 0.2) is 53.0 Å². The van der Waals surface area contributed by atoms with Gasteiger partial charge in [0.15, 0.2) is 0 Å². The standard InChI is InChI=1S/C18H20BrFN2O2/c1-24-10-9-21-12-17(23)22-18(13-5-3-2-4-6-13)15-8-7-14(19)11-16(15)20/h2-8,11,18,21H,9-10,12H2,1H3,(H,22,23). The Bertz CT molecular complexity index is 667. The van der Waals surface area contributed by atoms with Crippen molar-refractivity contribution in [1.82, 2.24) is 10.6 Å². The molecule has 2 rings (SSSR count). The molecule has 1 amide bonds. The number of amides is 1. The molecule has 4 nitrogen and oxygen atoms in total. The van der Waals surface area contributed by atoms with Crippen molar-refractivity contribution in [3.8, 4) is 0 Å². The number of hydrogen-bond acceptors (Lipinski definition) is 3. The van der Waals surface area contributed by atoms with Gasteiger partial charge in [-0.1, -0.05) is 52.3 Å². The molecule has 0 bridgehead atoms. The van der Waals surface area contributed by atoms with Crippen molar-refractivity contribution in [2.75, 3.05) is 26.8 Å². The van der Waals surface area contributed by atoms with Gasteiger partial charge in [0, 0.05) is 23.7 Å². The van der Waals surface area contributed by atoms with Crippen molar-refractivity contribution >= 4 is 21.8 Å². The lowest BCUT2D eigenvalue weighted by Gasteiger charge is -2.21. The minimum atomic E-state index is -0.545. The fourth-order valence-corrected chi connectivity index (χ4v) is 2.64. The molecule has 2 N–H and O–H groups in total. The van der Waals surface area contributed by atoms with Gasteiger partial charge in [-0.25, -0.2) is 4.39 Å². The van der Waals surface area contributed by atoms with Crippen molar-refractivity contribution in [1.29, 1.82) is 0 Å². The van der Waals surface area contributed by atoms with E-state index in [-0.39, 0.29) is 18.3 Å². The number of rotatable bonds is 8. The highest BCUT2D eigenvalue weighted by Crippen LogP contribution is 2.26. The van der Waals surface area contributed by atoms with Crippen LogP contribution in [0, 0.1) is 5.82 Å². The second kappa shape index (κ2) is 9.52. The Kier molecular flexibility index (Phi) is 7.36. The summed E-state index contributed by atoms with van der Waals surface area (Å²) >= 11 is 3.25. The first-order chi connectivity index (χ1) is 11.6. The molecule has 0 saturated carbocycles. The number of methoxy groups -OCH3 is 1. The average molecular weight is 395 g/mol. The maximum Gasteiger partial charge on any atom is 0.234 e. The lowest BCUT2D eigenvalue weighted by atomic mass is 9.98. The molecule has 2 aromatic rings. The quantitative estimate of drug-likeness (QED) is 0.676. The minimum Gasteiger partial charge on any atom is -0.383 e. The van der Waals surface area contributed by atoms with Crippen LogP contribution in [0.5, 0.6) is 0 Å². The van der Waals surface area contributed by atoms with E-state index in [2.05, 4.69) is 26.6 Å². The first-order valence-corrected chi connectivity index (χ1v) is 8.40. The normalized spacial score (nSPS) is 12.0. The van der Waals surface area contributed by atoms with Gasteiger partial charge in [-0.15, -0.1) is 0 Å². The van der Waals surface area contributed by atoms with E-state index in [0.717, 1.165) is 5.56 Å². The third-order valence-electron chi connectivity index (χ3n) is 3.48. The highest BCUT2D eigenvalue weighted by molar-refractivity contribution is 9.10. The number of nitrogens with one attached hydrogen (secondary N) is 2. The van der Waals surface area contributed by atoms with Crippen LogP contribution in [-0.4, -0.2) is 32.7 Å². The molecular formula is C18H20BrFN2O2. The topological polar surface area (TPSA) is 50.4 Å². The van der Waals surface area contributed by atoms with Crippen molar-refractivity contribution in [3.05, 3.63) is 69.9 Å². The Morgan fingerprint density at radius 2 is 2.00 bits per heavy atom. The largest absolute Gasteiger partial charge is 0.383 e. The van der Waals surface area contributed by atoms with Crippen molar-refractivity contribution in [2.45, 2.75) is 6.04 Å². The van der Waals surface area contributed by atoms with Crippen LogP contribution in [0.2, 0.25) is 0 Å². The third-order valence-corrected chi connectivity index (χ3v) is 3.97. The summed E-state index contributed by atoms with van der Waals surface area (Å²) in [6.07, 6.45) is 0. The monoisotopic (exact) mass is 394 g/mol. The highest BCUT2D eigenvalue weighted by atomic mass is 79.9. The molecule has 0 saturated heterocycles. The van der Waals surface area contributed by atoms with E-state index in [9.17, 15) is 9.18 Å². The SMILES string of the molecule is COCCNCC(=O)NC(c1ccccc1)c1ccc(Br)cc1F. The fourth-order valence-electron chi connectivity index (χ4n) is 2.31. The molecule has 0 radical (unpaired) electrons. The lowest BCUT2D eigenvalue weighted by molar-refractivity contribution is -0.120. The second-order valence-corrected chi connectivity index (χ2v) is 6.16. The Balaban J connectivity index is 2.16. The molecule has 24 heavy (non-hydrogen) atoms. The van der Waals surface area contributed by atoms with Crippen LogP contribution in [0.1, 0.15) is 17.2 Å². The van der Waals surface area contributed by atoms with Gasteiger partial charge in [0.1, 0.15) is 5.82 Å². The van der Waals surface area contributed by atoms with Crippen LogP contribution in [0.3, 0.4) is 0 Å². The van der Waals surface area contributed by atoms with E-state index in [0.29, 0.717) is 23.2 Å². The summed E-state index contributed by atoms with van der Waals surface area (Å²) in [5.74, 6) is -0.576. The number of carbonyl (C=O) groups is 1. The molecule has 0 spiro atoms. The Hall–Kier alpha value is -1.76. The van der Waals surface area contributed by atoms with Crippen LogP contribution >= 0.6 is 15.9 Å². The second-order valence-electron chi connectivity index (χ2n) is 5.25. The van der Waals surface area contributed by atoms with Crippen LogP contribution in [0.25, 0.3) is 0 Å². The molecular weight excluding hydrogens is 375 g/mol. The van der Waals surface area contributed by atoms with Crippen LogP contribution < -0.4 is 10.6 Å². The van der Waals surface area contributed by atoms with Gasteiger partial charge in [-0.2, -0.15) is 0 Å². The number of benzene rings is 2. The van der Waals surface area contributed by atoms with E-state index in [1.807, 2.05) is 30.3 Å². The summed E-state index contributed by atoms with van der Waals surface area (Å²) in [5.41, 5.74) is 1.25. The minimum absolute atomic E-state index is 0.144. The van der Waals surface area contributed by atoms with Crippen LogP contribution in [-0.2, 0) is 9.53 Å². The molecule has 128 valence electrons. The van der Waals surface area contributed by atoms with Gasteiger partial charge in [-0.3, -0.25) is 4.79 Å². The van der Waals surface area contributed by atoms with Gasteiger partial charge in [0.2, 0.25) is 5.91 Å². The van der Waals surface area contributed by atoms with Gasteiger partial charge in [0.25, 0.3) is 0 Å². The molecule has 0 heterocycles. The summed E-state index contributed by atoms with van der Waals surface area (Å²) < 4.78 is 20.0. The maximum absolute atomic E-state index is 14.4. The highest BCUT2D eigenvalue weighted by Gasteiger charge is 2.20. The third kappa shape index (κ3) is 5.40. The number of carbonyl (C=O) groups excluding carboxylic acids is 1. The van der Waals surface area contributed by atoms with Gasteiger partial charge in [-0.05, 0) is 17.7 Å². The fraction of sp³-hybridized carbons (Fsp3) is 0.278. The van der Waals surface area contributed by atoms with Crippen molar-refractivity contribution in [3.63, 3.8) is 0 Å². The summed E-state index contributed by atoms with van der Waals surface area (Å²) in [6.45, 7) is 1.24. The predicted octanol–water partition coefficient (Wildman–Crippen LogP) is 3.03. The summed E-state index contributed by atoms with van der Waals surface area (Å²) in [4.78, 5) is 12.2. The zero-order valence-corrected chi connectivity index (χ0v) is 15.0. The van der Waals surface area contributed by atoms with Crippen molar-refractivity contribution < 1.29 is 13.9 Å². The Morgan fingerprint density at radius 1 is 1.25 bits per heavy atom. The maximum atomic E-state index is 14.4. The molecule has 1 atom stereocenters. The average Bonchev–Trinajstić information content (AvgIpc) is 2.58. The van der Waals surface area contributed by atoms with E-state index in [1.54, 1.807) is 19.2 Å². The van der Waals surface area contributed by atoms with E-state index in [4.69, 9.17) is 4.74 Å². The summed E-state index contributed by atoms with van der Waals surface area (Å²) in [6, 6.07) is 13.6. The molecule has 0 aliphatic heterocycles. The Morgan fingerprint density at radius 3 is 2.67 bits per heavy atom. The number of ether oxygens (including phenoxy) is 1. The zero-order valence-electron chi connectivity index (χ0n) is 13.4. The van der Waals surface area contributed by atoms with Gasteiger partial charge < -0.3 is 15.4 Å². The summed E-state index contributed by atoms with van der Waals surface area (Å²) in [7, 11) is 1.60. The number of halogens is 2. The van der Waals surface area contributed by atoms with Crippen LogP contribution in [0.4, 0.5) is 4.39 Å². The molecule has 0 aliphatic rings. The van der Waals surface area contributed by atoms with Gasteiger partial charge in [0.05, 0.1) is 19.2 Å². The predicted molar refractivity (Wildman–Crippen MR) is 95.3 cm³/mol.